The van der Waals surface area contributed by atoms with Gasteiger partial charge in [-0.05, 0) is 36.4 Å². The predicted octanol–water partition coefficient (Wildman–Crippen LogP) is 4.08. The van der Waals surface area contributed by atoms with Crippen molar-refractivity contribution in [2.75, 3.05) is 0 Å². The van der Waals surface area contributed by atoms with Crippen molar-refractivity contribution in [2.45, 2.75) is 25.7 Å². The van der Waals surface area contributed by atoms with Crippen LogP contribution in [0.2, 0.25) is 0 Å². The van der Waals surface area contributed by atoms with Gasteiger partial charge in [-0.1, -0.05) is 30.3 Å². The van der Waals surface area contributed by atoms with E-state index in [9.17, 15) is 5.26 Å². The van der Waals surface area contributed by atoms with Crippen molar-refractivity contribution in [1.82, 2.24) is 0 Å². The minimum absolute atomic E-state index is 0.434. The van der Waals surface area contributed by atoms with E-state index in [0.29, 0.717) is 0 Å². The smallest absolute Gasteiger partial charge is 0.0844 e. The summed E-state index contributed by atoms with van der Waals surface area (Å²) in [6.07, 6.45) is 0.784. The Labute approximate surface area is 106 Å². The minimum atomic E-state index is -0.434. The number of hydrogen-bond acceptors (Lipinski definition) is 2. The van der Waals surface area contributed by atoms with Crippen molar-refractivity contribution in [3.63, 3.8) is 0 Å². The maximum atomic E-state index is 9.52. The van der Waals surface area contributed by atoms with Crippen molar-refractivity contribution in [3.05, 3.63) is 57.8 Å². The summed E-state index contributed by atoms with van der Waals surface area (Å²) < 4.78 is 0. The summed E-state index contributed by atoms with van der Waals surface area (Å²) in [4.78, 5) is 1.26. The van der Waals surface area contributed by atoms with E-state index in [1.807, 2.05) is 25.1 Å². The second-order valence-electron chi connectivity index (χ2n) is 4.51. The lowest BCUT2D eigenvalue weighted by Crippen LogP contribution is -2.23. The van der Waals surface area contributed by atoms with Crippen LogP contribution in [0.4, 0.5) is 0 Å². The lowest BCUT2D eigenvalue weighted by Gasteiger charge is -2.23. The summed E-state index contributed by atoms with van der Waals surface area (Å²) in [5.41, 5.74) is 1.89. The molecule has 0 aliphatic rings. The average Bonchev–Trinajstić information content (AvgIpc) is 2.82. The monoisotopic (exact) mass is 241 g/mol. The van der Waals surface area contributed by atoms with E-state index >= 15 is 0 Å². The number of rotatable bonds is 3. The summed E-state index contributed by atoms with van der Waals surface area (Å²) in [5, 5.41) is 11.6. The molecule has 0 bridgehead atoms. The zero-order valence-electron chi connectivity index (χ0n) is 10.1. The van der Waals surface area contributed by atoms with Gasteiger partial charge in [0.25, 0.3) is 0 Å². The number of thiophene rings is 1. The van der Waals surface area contributed by atoms with E-state index < -0.39 is 5.41 Å². The molecule has 0 amide bonds. The predicted molar refractivity (Wildman–Crippen MR) is 72.2 cm³/mol. The van der Waals surface area contributed by atoms with Gasteiger partial charge in [0.2, 0.25) is 0 Å². The summed E-state index contributed by atoms with van der Waals surface area (Å²) >= 11 is 1.71. The molecule has 0 saturated carbocycles. The highest BCUT2D eigenvalue weighted by Crippen LogP contribution is 2.31. The molecule has 1 unspecified atom stereocenters. The molecule has 2 aromatic rings. The van der Waals surface area contributed by atoms with Crippen LogP contribution in [0.1, 0.15) is 22.9 Å². The van der Waals surface area contributed by atoms with E-state index in [1.54, 1.807) is 11.3 Å². The molecular formula is C15H15NS. The number of nitrogens with zero attached hydrogens (tertiary/aromatic N) is 1. The number of nitriles is 1. The SMILES string of the molecule is Cc1ccccc1C(C)(C#N)Cc1cccs1. The molecule has 1 atom stereocenters. The van der Waals surface area contributed by atoms with Crippen LogP contribution in [0, 0.1) is 18.3 Å². The van der Waals surface area contributed by atoms with Gasteiger partial charge in [0.05, 0.1) is 11.5 Å². The third kappa shape index (κ3) is 2.40. The summed E-state index contributed by atoms with van der Waals surface area (Å²) in [5.74, 6) is 0. The molecular weight excluding hydrogens is 226 g/mol. The van der Waals surface area contributed by atoms with Gasteiger partial charge in [-0.15, -0.1) is 11.3 Å². The van der Waals surface area contributed by atoms with E-state index in [0.717, 1.165) is 12.0 Å². The highest BCUT2D eigenvalue weighted by molar-refractivity contribution is 7.09. The molecule has 0 spiro atoms. The van der Waals surface area contributed by atoms with Crippen LogP contribution in [0.15, 0.2) is 41.8 Å². The second kappa shape index (κ2) is 4.73. The first-order valence-electron chi connectivity index (χ1n) is 5.65. The van der Waals surface area contributed by atoms with Gasteiger partial charge in [0.15, 0.2) is 0 Å². The Morgan fingerprint density at radius 1 is 1.24 bits per heavy atom. The molecule has 1 aromatic carbocycles. The highest BCUT2D eigenvalue weighted by Gasteiger charge is 2.28. The molecule has 2 rings (SSSR count). The first kappa shape index (κ1) is 11.9. The zero-order chi connectivity index (χ0) is 12.3. The van der Waals surface area contributed by atoms with E-state index in [1.165, 1.54) is 10.4 Å². The minimum Gasteiger partial charge on any atom is -0.197 e. The van der Waals surface area contributed by atoms with Crippen LogP contribution >= 0.6 is 11.3 Å². The molecule has 1 aromatic heterocycles. The van der Waals surface area contributed by atoms with E-state index in [2.05, 4.69) is 36.6 Å². The van der Waals surface area contributed by atoms with Crippen molar-refractivity contribution >= 4 is 11.3 Å². The van der Waals surface area contributed by atoms with Crippen LogP contribution in [0.25, 0.3) is 0 Å². The average molecular weight is 241 g/mol. The highest BCUT2D eigenvalue weighted by atomic mass is 32.1. The van der Waals surface area contributed by atoms with Crippen LogP contribution in [0.5, 0.6) is 0 Å². The summed E-state index contributed by atoms with van der Waals surface area (Å²) in [6, 6.07) is 14.8. The second-order valence-corrected chi connectivity index (χ2v) is 5.55. The first-order chi connectivity index (χ1) is 8.15. The first-order valence-corrected chi connectivity index (χ1v) is 6.53. The number of benzene rings is 1. The number of aryl methyl sites for hydroxylation is 1. The molecule has 0 aliphatic carbocycles. The zero-order valence-corrected chi connectivity index (χ0v) is 10.9. The van der Waals surface area contributed by atoms with Gasteiger partial charge in [0.1, 0.15) is 0 Å². The quantitative estimate of drug-likeness (QED) is 0.794. The fraction of sp³-hybridized carbons (Fsp3) is 0.267. The Kier molecular flexibility index (Phi) is 3.31. The standard InChI is InChI=1S/C15H15NS/c1-12-6-3-4-8-14(12)15(2,11-16)10-13-7-5-9-17-13/h3-9H,10H2,1-2H3. The third-order valence-electron chi connectivity index (χ3n) is 3.09. The van der Waals surface area contributed by atoms with Crippen molar-refractivity contribution in [3.8, 4) is 6.07 Å². The Morgan fingerprint density at radius 3 is 2.59 bits per heavy atom. The molecule has 0 radical (unpaired) electrons. The third-order valence-corrected chi connectivity index (χ3v) is 3.97. The Bertz CT molecular complexity index is 536. The van der Waals surface area contributed by atoms with Gasteiger partial charge in [-0.2, -0.15) is 5.26 Å². The fourth-order valence-electron chi connectivity index (χ4n) is 2.15. The van der Waals surface area contributed by atoms with Gasteiger partial charge < -0.3 is 0 Å². The normalized spacial score (nSPS) is 13.9. The molecule has 0 fully saturated rings. The molecule has 86 valence electrons. The number of hydrogen-bond donors (Lipinski definition) is 0. The van der Waals surface area contributed by atoms with Crippen molar-refractivity contribution in [2.24, 2.45) is 0 Å². The van der Waals surface area contributed by atoms with E-state index in [-0.39, 0.29) is 0 Å². The van der Waals surface area contributed by atoms with Crippen LogP contribution in [0.3, 0.4) is 0 Å². The summed E-state index contributed by atoms with van der Waals surface area (Å²) in [7, 11) is 0. The van der Waals surface area contributed by atoms with Crippen LogP contribution in [-0.2, 0) is 11.8 Å². The molecule has 0 saturated heterocycles. The molecule has 0 N–H and O–H groups in total. The molecule has 0 aliphatic heterocycles. The molecule has 17 heavy (non-hydrogen) atoms. The van der Waals surface area contributed by atoms with Crippen molar-refractivity contribution < 1.29 is 0 Å². The van der Waals surface area contributed by atoms with Gasteiger partial charge in [0, 0.05) is 11.3 Å². The maximum Gasteiger partial charge on any atom is 0.0844 e. The van der Waals surface area contributed by atoms with Gasteiger partial charge in [-0.25, -0.2) is 0 Å². The maximum absolute atomic E-state index is 9.52. The molecule has 1 nitrogen and oxygen atoms in total. The van der Waals surface area contributed by atoms with Gasteiger partial charge in [-0.3, -0.25) is 0 Å². The lowest BCUT2D eigenvalue weighted by molar-refractivity contribution is 0.608. The topological polar surface area (TPSA) is 23.8 Å². The molecule has 1 heterocycles. The van der Waals surface area contributed by atoms with Crippen LogP contribution < -0.4 is 0 Å². The van der Waals surface area contributed by atoms with Crippen molar-refractivity contribution in [1.29, 1.82) is 5.26 Å². The largest absolute Gasteiger partial charge is 0.197 e. The van der Waals surface area contributed by atoms with Gasteiger partial charge >= 0.3 is 0 Å². The van der Waals surface area contributed by atoms with Crippen LogP contribution in [-0.4, -0.2) is 0 Å². The summed E-state index contributed by atoms with van der Waals surface area (Å²) in [6.45, 7) is 4.09. The lowest BCUT2D eigenvalue weighted by atomic mass is 9.78. The Balaban J connectivity index is 2.39. The Hall–Kier alpha value is -1.59. The Morgan fingerprint density at radius 2 is 2.00 bits per heavy atom. The fourth-order valence-corrected chi connectivity index (χ4v) is 3.01. The molecule has 2 heteroatoms. The van der Waals surface area contributed by atoms with E-state index in [4.69, 9.17) is 0 Å².